The van der Waals surface area contributed by atoms with Crippen molar-refractivity contribution in [2.75, 3.05) is 18.9 Å². The van der Waals surface area contributed by atoms with E-state index in [0.717, 1.165) is 12.3 Å². The molecule has 0 aromatic carbocycles. The molecule has 10 heavy (non-hydrogen) atoms. The molecule has 1 saturated heterocycles. The zero-order chi connectivity index (χ0) is 7.56. The van der Waals surface area contributed by atoms with Gasteiger partial charge in [-0.05, 0) is 0 Å². The third-order valence-corrected chi connectivity index (χ3v) is 2.48. The van der Waals surface area contributed by atoms with Crippen molar-refractivity contribution in [2.45, 2.75) is 12.1 Å². The summed E-state index contributed by atoms with van der Waals surface area (Å²) >= 11 is 4.13. The molecule has 3 nitrogen and oxygen atoms in total. The first kappa shape index (κ1) is 8.33. The van der Waals surface area contributed by atoms with Crippen LogP contribution in [-0.2, 0) is 0 Å². The summed E-state index contributed by atoms with van der Waals surface area (Å²) in [4.78, 5) is 0. The van der Waals surface area contributed by atoms with Crippen LogP contribution in [0.3, 0.4) is 0 Å². The Bertz CT molecular complexity index is 99.9. The fourth-order valence-corrected chi connectivity index (χ4v) is 1.65. The van der Waals surface area contributed by atoms with Gasteiger partial charge in [0.1, 0.15) is 0 Å². The second kappa shape index (κ2) is 3.57. The maximum absolute atomic E-state index is 8.80. The number of nitrogens with one attached hydrogen (secondary N) is 1. The number of rotatable bonds is 2. The number of hydrogen-bond donors (Lipinski definition) is 4. The van der Waals surface area contributed by atoms with Crippen LogP contribution in [0.25, 0.3) is 0 Å². The van der Waals surface area contributed by atoms with Gasteiger partial charge in [-0.2, -0.15) is 12.6 Å². The first-order valence-electron chi connectivity index (χ1n) is 3.50. The quantitative estimate of drug-likeness (QED) is 0.387. The molecule has 1 aliphatic heterocycles. The summed E-state index contributed by atoms with van der Waals surface area (Å²) in [6.45, 7) is 1.00. The lowest BCUT2D eigenvalue weighted by atomic mass is 10.0. The van der Waals surface area contributed by atoms with Crippen LogP contribution in [0.4, 0.5) is 0 Å². The Labute approximate surface area is 66.4 Å². The van der Waals surface area contributed by atoms with Gasteiger partial charge in [-0.1, -0.05) is 0 Å². The van der Waals surface area contributed by atoms with E-state index < -0.39 is 0 Å². The monoisotopic (exact) mass is 162 g/mol. The molecule has 1 heterocycles. The largest absolute Gasteiger partial charge is 0.396 e. The average molecular weight is 162 g/mol. The van der Waals surface area contributed by atoms with E-state index in [4.69, 9.17) is 10.8 Å². The zero-order valence-electron chi connectivity index (χ0n) is 5.83. The van der Waals surface area contributed by atoms with Gasteiger partial charge in [0.05, 0.1) is 0 Å². The number of aliphatic hydroxyl groups excluding tert-OH is 1. The molecule has 0 aromatic rings. The second-order valence-corrected chi connectivity index (χ2v) is 3.08. The predicted octanol–water partition coefficient (Wildman–Crippen LogP) is -1.18. The maximum Gasteiger partial charge on any atom is 0.0486 e. The van der Waals surface area contributed by atoms with E-state index in [9.17, 15) is 0 Å². The first-order valence-corrected chi connectivity index (χ1v) is 4.13. The molecule has 4 N–H and O–H groups in total. The molecule has 1 rings (SSSR count). The van der Waals surface area contributed by atoms with Crippen LogP contribution in [0.5, 0.6) is 0 Å². The molecular weight excluding hydrogens is 148 g/mol. The molecular formula is C6H14N2OS. The molecule has 0 aromatic heterocycles. The molecule has 0 bridgehead atoms. The van der Waals surface area contributed by atoms with Gasteiger partial charge in [0.15, 0.2) is 0 Å². The molecule has 0 saturated carbocycles. The van der Waals surface area contributed by atoms with Gasteiger partial charge < -0.3 is 16.2 Å². The van der Waals surface area contributed by atoms with Gasteiger partial charge >= 0.3 is 0 Å². The van der Waals surface area contributed by atoms with Gasteiger partial charge in [0, 0.05) is 36.9 Å². The van der Waals surface area contributed by atoms with Gasteiger partial charge in [-0.15, -0.1) is 0 Å². The fraction of sp³-hybridized carbons (Fsp3) is 1.00. The molecule has 4 heteroatoms. The predicted molar refractivity (Wildman–Crippen MR) is 44.2 cm³/mol. The third kappa shape index (κ3) is 1.45. The van der Waals surface area contributed by atoms with Crippen molar-refractivity contribution in [3.05, 3.63) is 0 Å². The van der Waals surface area contributed by atoms with Crippen molar-refractivity contribution in [1.29, 1.82) is 0 Å². The smallest absolute Gasteiger partial charge is 0.0486 e. The van der Waals surface area contributed by atoms with E-state index in [1.807, 2.05) is 0 Å². The lowest BCUT2D eigenvalue weighted by Crippen LogP contribution is -2.40. The molecule has 0 radical (unpaired) electrons. The van der Waals surface area contributed by atoms with Crippen molar-refractivity contribution in [3.8, 4) is 0 Å². The molecule has 60 valence electrons. The Hall–Kier alpha value is 0.230. The number of aliphatic hydroxyl groups is 1. The van der Waals surface area contributed by atoms with E-state index in [1.165, 1.54) is 0 Å². The van der Waals surface area contributed by atoms with Crippen LogP contribution in [0.2, 0.25) is 0 Å². The van der Waals surface area contributed by atoms with E-state index in [-0.39, 0.29) is 24.6 Å². The fourth-order valence-electron chi connectivity index (χ4n) is 1.28. The highest BCUT2D eigenvalue weighted by Crippen LogP contribution is 2.12. The van der Waals surface area contributed by atoms with Crippen LogP contribution in [0.15, 0.2) is 0 Å². The molecule has 1 fully saturated rings. The van der Waals surface area contributed by atoms with E-state index in [2.05, 4.69) is 17.9 Å². The topological polar surface area (TPSA) is 58.3 Å². The Morgan fingerprint density at radius 1 is 1.70 bits per heavy atom. The van der Waals surface area contributed by atoms with Crippen molar-refractivity contribution in [3.63, 3.8) is 0 Å². The third-order valence-electron chi connectivity index (χ3n) is 2.08. The van der Waals surface area contributed by atoms with E-state index in [0.29, 0.717) is 0 Å². The van der Waals surface area contributed by atoms with Crippen LogP contribution in [0, 0.1) is 5.92 Å². The van der Waals surface area contributed by atoms with Crippen molar-refractivity contribution in [1.82, 2.24) is 5.32 Å². The zero-order valence-corrected chi connectivity index (χ0v) is 6.72. The molecule has 1 aliphatic rings. The number of hydrogen-bond acceptors (Lipinski definition) is 4. The summed E-state index contributed by atoms with van der Waals surface area (Å²) in [5.74, 6) is 0.967. The summed E-state index contributed by atoms with van der Waals surface area (Å²) < 4.78 is 0. The SMILES string of the molecule is NC1C(CO)CNC1CS. The Kier molecular flexibility index (Phi) is 2.97. The van der Waals surface area contributed by atoms with Crippen LogP contribution in [-0.4, -0.2) is 36.1 Å². The van der Waals surface area contributed by atoms with Gasteiger partial charge in [-0.25, -0.2) is 0 Å². The highest BCUT2D eigenvalue weighted by Gasteiger charge is 2.30. The standard InChI is InChI=1S/C6H14N2OS/c7-6-4(2-9)1-8-5(6)3-10/h4-6,8-10H,1-3,7H2. The Morgan fingerprint density at radius 2 is 2.40 bits per heavy atom. The molecule has 3 unspecified atom stereocenters. The highest BCUT2D eigenvalue weighted by atomic mass is 32.1. The minimum atomic E-state index is 0.0718. The van der Waals surface area contributed by atoms with Crippen LogP contribution >= 0.6 is 12.6 Å². The van der Waals surface area contributed by atoms with E-state index in [1.54, 1.807) is 0 Å². The number of nitrogens with two attached hydrogens (primary N) is 1. The summed E-state index contributed by atoms with van der Waals surface area (Å²) in [6, 6.07) is 0.350. The van der Waals surface area contributed by atoms with Gasteiger partial charge in [0.25, 0.3) is 0 Å². The first-order chi connectivity index (χ1) is 4.79. The summed E-state index contributed by atoms with van der Waals surface area (Å²) in [6.07, 6.45) is 0. The maximum atomic E-state index is 8.80. The van der Waals surface area contributed by atoms with Crippen LogP contribution < -0.4 is 11.1 Å². The van der Waals surface area contributed by atoms with Gasteiger partial charge in [0.2, 0.25) is 0 Å². The molecule has 0 spiro atoms. The summed E-state index contributed by atoms with van der Waals surface area (Å²) in [5, 5.41) is 12.0. The van der Waals surface area contributed by atoms with Crippen molar-refractivity contribution < 1.29 is 5.11 Å². The minimum absolute atomic E-state index is 0.0718. The minimum Gasteiger partial charge on any atom is -0.396 e. The highest BCUT2D eigenvalue weighted by molar-refractivity contribution is 7.80. The number of thiol groups is 1. The summed E-state index contributed by atoms with van der Waals surface area (Å²) in [7, 11) is 0. The summed E-state index contributed by atoms with van der Waals surface area (Å²) in [5.41, 5.74) is 5.77. The Balaban J connectivity index is 2.41. The average Bonchev–Trinajstić information content (AvgIpc) is 2.30. The lowest BCUT2D eigenvalue weighted by molar-refractivity contribution is 0.224. The van der Waals surface area contributed by atoms with Crippen molar-refractivity contribution >= 4 is 12.6 Å². The van der Waals surface area contributed by atoms with Crippen LogP contribution in [0.1, 0.15) is 0 Å². The molecule has 0 amide bonds. The van der Waals surface area contributed by atoms with E-state index >= 15 is 0 Å². The lowest BCUT2D eigenvalue weighted by Gasteiger charge is -2.15. The normalized spacial score (nSPS) is 40.5. The van der Waals surface area contributed by atoms with Crippen molar-refractivity contribution in [2.24, 2.45) is 11.7 Å². The molecule has 3 atom stereocenters. The van der Waals surface area contributed by atoms with Gasteiger partial charge in [-0.3, -0.25) is 0 Å². The molecule has 0 aliphatic carbocycles. The second-order valence-electron chi connectivity index (χ2n) is 2.72. The Morgan fingerprint density at radius 3 is 2.70 bits per heavy atom.